The summed E-state index contributed by atoms with van der Waals surface area (Å²) < 4.78 is 22.1. The average molecular weight is 395 g/mol. The van der Waals surface area contributed by atoms with Gasteiger partial charge in [0, 0.05) is 26.2 Å². The standard InChI is InChI=1S/C20H27ClN2O4/c1-14-4-6-17(27-14)16(23-8-10-26-11-9-23)13-22-12-15-5-7-18(24-2)20(25-3)19(15)21/h4-7,16,22H,8-13H2,1-3H3. The number of aryl methyl sites for hydroxylation is 1. The molecule has 1 atom stereocenters. The molecule has 2 aromatic rings. The summed E-state index contributed by atoms with van der Waals surface area (Å²) in [4.78, 5) is 2.39. The van der Waals surface area contributed by atoms with Crippen LogP contribution in [0.5, 0.6) is 11.5 Å². The Bertz CT molecular complexity index is 744. The van der Waals surface area contributed by atoms with Crippen LogP contribution in [0.1, 0.15) is 23.1 Å². The van der Waals surface area contributed by atoms with Crippen molar-refractivity contribution in [2.45, 2.75) is 19.5 Å². The molecule has 1 fully saturated rings. The molecule has 1 aromatic carbocycles. The molecule has 1 aliphatic rings. The van der Waals surface area contributed by atoms with Crippen LogP contribution in [0.2, 0.25) is 5.02 Å². The number of hydrogen-bond acceptors (Lipinski definition) is 6. The number of nitrogens with zero attached hydrogens (tertiary/aromatic N) is 1. The van der Waals surface area contributed by atoms with Crippen LogP contribution in [0.25, 0.3) is 0 Å². The van der Waals surface area contributed by atoms with E-state index in [-0.39, 0.29) is 6.04 Å². The number of rotatable bonds is 8. The molecule has 6 nitrogen and oxygen atoms in total. The highest BCUT2D eigenvalue weighted by Crippen LogP contribution is 2.37. The summed E-state index contributed by atoms with van der Waals surface area (Å²) >= 11 is 6.49. The molecule has 1 saturated heterocycles. The van der Waals surface area contributed by atoms with Crippen molar-refractivity contribution in [2.24, 2.45) is 0 Å². The van der Waals surface area contributed by atoms with Crippen LogP contribution >= 0.6 is 11.6 Å². The lowest BCUT2D eigenvalue weighted by molar-refractivity contribution is 0.0115. The summed E-state index contributed by atoms with van der Waals surface area (Å²) in [6, 6.07) is 8.05. The third-order valence-electron chi connectivity index (χ3n) is 4.79. The number of furan rings is 1. The Hall–Kier alpha value is -1.73. The number of ether oxygens (including phenoxy) is 3. The zero-order valence-electron chi connectivity index (χ0n) is 16.1. The number of methoxy groups -OCH3 is 2. The highest BCUT2D eigenvalue weighted by Gasteiger charge is 2.25. The van der Waals surface area contributed by atoms with Crippen molar-refractivity contribution in [3.63, 3.8) is 0 Å². The monoisotopic (exact) mass is 394 g/mol. The van der Waals surface area contributed by atoms with Crippen molar-refractivity contribution >= 4 is 11.6 Å². The molecule has 1 N–H and O–H groups in total. The first-order valence-electron chi connectivity index (χ1n) is 9.12. The van der Waals surface area contributed by atoms with E-state index in [0.29, 0.717) is 23.1 Å². The highest BCUT2D eigenvalue weighted by molar-refractivity contribution is 6.33. The lowest BCUT2D eigenvalue weighted by Crippen LogP contribution is -2.42. The fourth-order valence-corrected chi connectivity index (χ4v) is 3.64. The van der Waals surface area contributed by atoms with Gasteiger partial charge in [0.1, 0.15) is 11.5 Å². The third-order valence-corrected chi connectivity index (χ3v) is 5.21. The van der Waals surface area contributed by atoms with Crippen molar-refractivity contribution < 1.29 is 18.6 Å². The first-order chi connectivity index (χ1) is 13.1. The molecule has 7 heteroatoms. The maximum Gasteiger partial charge on any atom is 0.179 e. The topological polar surface area (TPSA) is 56.1 Å². The Morgan fingerprint density at radius 1 is 1.15 bits per heavy atom. The Kier molecular flexibility index (Phi) is 7.01. The second kappa shape index (κ2) is 9.46. The first-order valence-corrected chi connectivity index (χ1v) is 9.50. The van der Waals surface area contributed by atoms with Crippen LogP contribution in [-0.2, 0) is 11.3 Å². The van der Waals surface area contributed by atoms with E-state index in [4.69, 9.17) is 30.2 Å². The Balaban J connectivity index is 1.69. The molecular formula is C20H27ClN2O4. The van der Waals surface area contributed by atoms with E-state index in [2.05, 4.69) is 16.3 Å². The summed E-state index contributed by atoms with van der Waals surface area (Å²) in [6.45, 7) is 6.62. The molecule has 1 unspecified atom stereocenters. The van der Waals surface area contributed by atoms with Gasteiger partial charge in [-0.1, -0.05) is 17.7 Å². The predicted molar refractivity (Wildman–Crippen MR) is 105 cm³/mol. The smallest absolute Gasteiger partial charge is 0.179 e. The molecule has 27 heavy (non-hydrogen) atoms. The van der Waals surface area contributed by atoms with Gasteiger partial charge in [0.25, 0.3) is 0 Å². The van der Waals surface area contributed by atoms with Gasteiger partial charge < -0.3 is 23.9 Å². The molecule has 0 amide bonds. The third kappa shape index (κ3) is 4.76. The molecule has 1 aromatic heterocycles. The summed E-state index contributed by atoms with van der Waals surface area (Å²) in [5, 5.41) is 4.08. The van der Waals surface area contributed by atoms with E-state index in [0.717, 1.165) is 49.9 Å². The van der Waals surface area contributed by atoms with E-state index in [1.54, 1.807) is 14.2 Å². The van der Waals surface area contributed by atoms with Gasteiger partial charge in [-0.2, -0.15) is 0 Å². The molecule has 3 rings (SSSR count). The fourth-order valence-electron chi connectivity index (χ4n) is 3.34. The highest BCUT2D eigenvalue weighted by atomic mass is 35.5. The van der Waals surface area contributed by atoms with Gasteiger partial charge >= 0.3 is 0 Å². The second-order valence-corrected chi connectivity index (χ2v) is 6.90. The van der Waals surface area contributed by atoms with Crippen molar-refractivity contribution in [2.75, 3.05) is 47.1 Å². The van der Waals surface area contributed by atoms with Gasteiger partial charge in [-0.15, -0.1) is 0 Å². The lowest BCUT2D eigenvalue weighted by Gasteiger charge is -2.33. The van der Waals surface area contributed by atoms with E-state index in [1.165, 1.54) is 0 Å². The van der Waals surface area contributed by atoms with Crippen LogP contribution in [0.4, 0.5) is 0 Å². The van der Waals surface area contributed by atoms with Crippen LogP contribution in [0.3, 0.4) is 0 Å². The number of hydrogen-bond donors (Lipinski definition) is 1. The molecule has 2 heterocycles. The molecule has 148 valence electrons. The second-order valence-electron chi connectivity index (χ2n) is 6.52. The minimum Gasteiger partial charge on any atom is -0.493 e. The van der Waals surface area contributed by atoms with E-state index in [1.807, 2.05) is 25.1 Å². The Morgan fingerprint density at radius 2 is 1.93 bits per heavy atom. The molecule has 0 radical (unpaired) electrons. The Morgan fingerprint density at radius 3 is 2.56 bits per heavy atom. The van der Waals surface area contributed by atoms with Crippen molar-refractivity contribution in [3.05, 3.63) is 46.4 Å². The maximum atomic E-state index is 6.49. The molecule has 0 saturated carbocycles. The predicted octanol–water partition coefficient (Wildman–Crippen LogP) is 3.42. The summed E-state index contributed by atoms with van der Waals surface area (Å²) in [7, 11) is 3.19. The normalized spacial score (nSPS) is 16.3. The zero-order chi connectivity index (χ0) is 19.2. The van der Waals surface area contributed by atoms with Gasteiger partial charge in [0.15, 0.2) is 11.5 Å². The molecular weight excluding hydrogens is 368 g/mol. The molecule has 0 spiro atoms. The lowest BCUT2D eigenvalue weighted by atomic mass is 10.1. The van der Waals surface area contributed by atoms with Gasteiger partial charge in [-0.05, 0) is 30.7 Å². The van der Waals surface area contributed by atoms with Gasteiger partial charge in [-0.3, -0.25) is 4.90 Å². The van der Waals surface area contributed by atoms with Crippen LogP contribution in [0.15, 0.2) is 28.7 Å². The van der Waals surface area contributed by atoms with Crippen molar-refractivity contribution in [1.29, 1.82) is 0 Å². The van der Waals surface area contributed by atoms with E-state index in [9.17, 15) is 0 Å². The van der Waals surface area contributed by atoms with Crippen LogP contribution in [0, 0.1) is 6.92 Å². The summed E-state index contributed by atoms with van der Waals surface area (Å²) in [5.41, 5.74) is 0.964. The largest absolute Gasteiger partial charge is 0.493 e. The fraction of sp³-hybridized carbons (Fsp3) is 0.500. The van der Waals surface area contributed by atoms with Crippen LogP contribution < -0.4 is 14.8 Å². The van der Waals surface area contributed by atoms with Crippen molar-refractivity contribution in [3.8, 4) is 11.5 Å². The molecule has 1 aliphatic heterocycles. The van der Waals surface area contributed by atoms with E-state index >= 15 is 0 Å². The van der Waals surface area contributed by atoms with Gasteiger partial charge in [0.2, 0.25) is 0 Å². The zero-order valence-corrected chi connectivity index (χ0v) is 16.8. The first kappa shape index (κ1) is 20.0. The number of nitrogens with one attached hydrogen (secondary N) is 1. The molecule has 0 bridgehead atoms. The number of morpholine rings is 1. The minimum absolute atomic E-state index is 0.154. The van der Waals surface area contributed by atoms with Crippen LogP contribution in [-0.4, -0.2) is 52.0 Å². The Labute approximate surface area is 165 Å². The summed E-state index contributed by atoms with van der Waals surface area (Å²) in [6.07, 6.45) is 0. The minimum atomic E-state index is 0.154. The van der Waals surface area contributed by atoms with Gasteiger partial charge in [0.05, 0.1) is 38.5 Å². The van der Waals surface area contributed by atoms with Gasteiger partial charge in [-0.25, -0.2) is 0 Å². The summed E-state index contributed by atoms with van der Waals surface area (Å²) in [5.74, 6) is 3.08. The maximum absolute atomic E-state index is 6.49. The number of benzene rings is 1. The number of halogens is 1. The molecule has 0 aliphatic carbocycles. The van der Waals surface area contributed by atoms with E-state index < -0.39 is 0 Å². The SMILES string of the molecule is COc1ccc(CNCC(c2ccc(C)o2)N2CCOCC2)c(Cl)c1OC. The average Bonchev–Trinajstić information content (AvgIpc) is 3.12. The quantitative estimate of drug-likeness (QED) is 0.740. The van der Waals surface area contributed by atoms with Crippen molar-refractivity contribution in [1.82, 2.24) is 10.2 Å².